The van der Waals surface area contributed by atoms with Gasteiger partial charge in [0.05, 0.1) is 12.1 Å². The summed E-state index contributed by atoms with van der Waals surface area (Å²) in [5.74, 6) is 0. The number of ether oxygens (including phenoxy) is 1. The molecule has 18 heavy (non-hydrogen) atoms. The summed E-state index contributed by atoms with van der Waals surface area (Å²) in [5, 5.41) is 2.33. The first-order valence-corrected chi connectivity index (χ1v) is 6.56. The van der Waals surface area contributed by atoms with E-state index in [9.17, 15) is 0 Å². The lowest BCUT2D eigenvalue weighted by Gasteiger charge is -2.28. The predicted molar refractivity (Wildman–Crippen MR) is 72.3 cm³/mol. The standard InChI is InChI=1S/C15H18N2O/c16-15(14-6-1-2-9-18-14)13-5-3-4-11-10-17-8-7-12(11)13/h3-5,7-8,10,14-15H,1-2,6,9,16H2. The second-order valence-corrected chi connectivity index (χ2v) is 4.87. The highest BCUT2D eigenvalue weighted by Gasteiger charge is 2.23. The van der Waals surface area contributed by atoms with Gasteiger partial charge in [0.15, 0.2) is 0 Å². The van der Waals surface area contributed by atoms with Crippen molar-refractivity contribution in [2.75, 3.05) is 6.61 Å². The van der Waals surface area contributed by atoms with Gasteiger partial charge >= 0.3 is 0 Å². The van der Waals surface area contributed by atoms with Crippen molar-refractivity contribution in [2.45, 2.75) is 31.4 Å². The van der Waals surface area contributed by atoms with Crippen LogP contribution in [0.3, 0.4) is 0 Å². The van der Waals surface area contributed by atoms with Crippen molar-refractivity contribution in [2.24, 2.45) is 5.73 Å². The highest BCUT2D eigenvalue weighted by molar-refractivity contribution is 5.85. The molecule has 2 heterocycles. The van der Waals surface area contributed by atoms with Crippen LogP contribution in [0.2, 0.25) is 0 Å². The lowest BCUT2D eigenvalue weighted by atomic mass is 9.93. The fraction of sp³-hybridized carbons (Fsp3) is 0.400. The Morgan fingerprint density at radius 1 is 1.28 bits per heavy atom. The third-order valence-electron chi connectivity index (χ3n) is 3.69. The summed E-state index contributed by atoms with van der Waals surface area (Å²) in [6.07, 6.45) is 7.28. The fourth-order valence-electron chi connectivity index (χ4n) is 2.69. The van der Waals surface area contributed by atoms with Crippen LogP contribution < -0.4 is 5.73 Å². The minimum Gasteiger partial charge on any atom is -0.376 e. The molecule has 2 unspecified atom stereocenters. The van der Waals surface area contributed by atoms with E-state index in [0.29, 0.717) is 0 Å². The van der Waals surface area contributed by atoms with E-state index < -0.39 is 0 Å². The van der Waals surface area contributed by atoms with E-state index in [2.05, 4.69) is 17.1 Å². The molecule has 0 radical (unpaired) electrons. The Balaban J connectivity index is 1.97. The Morgan fingerprint density at radius 2 is 2.22 bits per heavy atom. The Labute approximate surface area is 107 Å². The van der Waals surface area contributed by atoms with E-state index in [-0.39, 0.29) is 12.1 Å². The van der Waals surface area contributed by atoms with Gasteiger partial charge in [-0.1, -0.05) is 18.2 Å². The molecule has 94 valence electrons. The van der Waals surface area contributed by atoms with Crippen molar-refractivity contribution < 1.29 is 4.74 Å². The van der Waals surface area contributed by atoms with Crippen LogP contribution >= 0.6 is 0 Å². The molecule has 3 rings (SSSR count). The molecule has 1 fully saturated rings. The second kappa shape index (κ2) is 5.04. The zero-order chi connectivity index (χ0) is 12.4. The van der Waals surface area contributed by atoms with Gasteiger partial charge in [0.25, 0.3) is 0 Å². The average Bonchev–Trinajstić information content (AvgIpc) is 2.47. The summed E-state index contributed by atoms with van der Waals surface area (Å²) in [4.78, 5) is 4.15. The molecule has 2 aromatic rings. The normalized spacial score (nSPS) is 21.9. The van der Waals surface area contributed by atoms with Gasteiger partial charge < -0.3 is 10.5 Å². The first kappa shape index (κ1) is 11.6. The summed E-state index contributed by atoms with van der Waals surface area (Å²) in [6.45, 7) is 0.838. The van der Waals surface area contributed by atoms with Crippen LogP contribution in [-0.4, -0.2) is 17.7 Å². The molecule has 2 N–H and O–H groups in total. The van der Waals surface area contributed by atoms with Crippen LogP contribution in [0, 0.1) is 0 Å². The predicted octanol–water partition coefficient (Wildman–Crippen LogP) is 2.80. The summed E-state index contributed by atoms with van der Waals surface area (Å²) in [7, 11) is 0. The number of nitrogens with zero attached hydrogens (tertiary/aromatic N) is 1. The second-order valence-electron chi connectivity index (χ2n) is 4.87. The Bertz CT molecular complexity index is 530. The summed E-state index contributed by atoms with van der Waals surface area (Å²) in [5.41, 5.74) is 7.56. The number of rotatable bonds is 2. The van der Waals surface area contributed by atoms with Gasteiger partial charge in [-0.15, -0.1) is 0 Å². The third-order valence-corrected chi connectivity index (χ3v) is 3.69. The van der Waals surface area contributed by atoms with Crippen LogP contribution in [0.4, 0.5) is 0 Å². The molecular formula is C15H18N2O. The van der Waals surface area contributed by atoms with Gasteiger partial charge in [0.2, 0.25) is 0 Å². The maximum atomic E-state index is 6.39. The zero-order valence-corrected chi connectivity index (χ0v) is 10.4. The zero-order valence-electron chi connectivity index (χ0n) is 10.4. The number of nitrogens with two attached hydrogens (primary N) is 1. The van der Waals surface area contributed by atoms with Crippen LogP contribution in [-0.2, 0) is 4.74 Å². The van der Waals surface area contributed by atoms with Crippen molar-refractivity contribution in [3.8, 4) is 0 Å². The molecule has 0 saturated carbocycles. The van der Waals surface area contributed by atoms with E-state index in [1.807, 2.05) is 24.5 Å². The van der Waals surface area contributed by atoms with Crippen LogP contribution in [0.15, 0.2) is 36.7 Å². The Morgan fingerprint density at radius 3 is 3.06 bits per heavy atom. The lowest BCUT2D eigenvalue weighted by Crippen LogP contribution is -2.32. The molecule has 1 aliphatic heterocycles. The summed E-state index contributed by atoms with van der Waals surface area (Å²) in [6, 6.07) is 8.21. The van der Waals surface area contributed by atoms with E-state index in [0.717, 1.165) is 24.8 Å². The van der Waals surface area contributed by atoms with Crippen molar-refractivity contribution in [1.82, 2.24) is 4.98 Å². The fourth-order valence-corrected chi connectivity index (χ4v) is 2.69. The summed E-state index contributed by atoms with van der Waals surface area (Å²) >= 11 is 0. The molecule has 0 spiro atoms. The molecule has 3 nitrogen and oxygen atoms in total. The highest BCUT2D eigenvalue weighted by Crippen LogP contribution is 2.29. The molecule has 2 atom stereocenters. The van der Waals surface area contributed by atoms with E-state index in [1.165, 1.54) is 17.4 Å². The maximum Gasteiger partial charge on any atom is 0.0767 e. The number of hydrogen-bond donors (Lipinski definition) is 1. The minimum atomic E-state index is -0.0450. The lowest BCUT2D eigenvalue weighted by molar-refractivity contribution is 0.000275. The molecular weight excluding hydrogens is 224 g/mol. The third kappa shape index (κ3) is 2.11. The molecule has 1 aliphatic rings. The number of hydrogen-bond acceptors (Lipinski definition) is 3. The number of aromatic nitrogens is 1. The number of benzene rings is 1. The van der Waals surface area contributed by atoms with Crippen LogP contribution in [0.25, 0.3) is 10.8 Å². The highest BCUT2D eigenvalue weighted by atomic mass is 16.5. The quantitative estimate of drug-likeness (QED) is 0.881. The van der Waals surface area contributed by atoms with E-state index in [4.69, 9.17) is 10.5 Å². The van der Waals surface area contributed by atoms with E-state index >= 15 is 0 Å². The monoisotopic (exact) mass is 242 g/mol. The summed E-state index contributed by atoms with van der Waals surface area (Å²) < 4.78 is 5.80. The van der Waals surface area contributed by atoms with Gasteiger partial charge in [-0.05, 0) is 36.3 Å². The minimum absolute atomic E-state index is 0.0450. The SMILES string of the molecule is NC(c1cccc2cnccc12)C1CCCCO1. The van der Waals surface area contributed by atoms with Gasteiger partial charge in [-0.3, -0.25) is 4.98 Å². The number of fused-ring (bicyclic) bond motifs is 1. The van der Waals surface area contributed by atoms with E-state index in [1.54, 1.807) is 0 Å². The molecule has 0 bridgehead atoms. The molecule has 3 heteroatoms. The average molecular weight is 242 g/mol. The van der Waals surface area contributed by atoms with Crippen LogP contribution in [0.5, 0.6) is 0 Å². The molecule has 0 amide bonds. The van der Waals surface area contributed by atoms with Crippen molar-refractivity contribution in [3.63, 3.8) is 0 Å². The molecule has 1 aromatic heterocycles. The van der Waals surface area contributed by atoms with Gasteiger partial charge in [0, 0.05) is 24.4 Å². The van der Waals surface area contributed by atoms with Crippen molar-refractivity contribution in [1.29, 1.82) is 0 Å². The first-order valence-electron chi connectivity index (χ1n) is 6.56. The van der Waals surface area contributed by atoms with Crippen molar-refractivity contribution in [3.05, 3.63) is 42.2 Å². The van der Waals surface area contributed by atoms with Crippen LogP contribution in [0.1, 0.15) is 30.9 Å². The van der Waals surface area contributed by atoms with Gasteiger partial charge in [0.1, 0.15) is 0 Å². The molecule has 1 aromatic carbocycles. The first-order chi connectivity index (χ1) is 8.86. The topological polar surface area (TPSA) is 48.1 Å². The van der Waals surface area contributed by atoms with Crippen molar-refractivity contribution >= 4 is 10.8 Å². The number of pyridine rings is 1. The van der Waals surface area contributed by atoms with Gasteiger partial charge in [-0.25, -0.2) is 0 Å². The molecule has 1 saturated heterocycles. The largest absolute Gasteiger partial charge is 0.376 e. The molecule has 0 aliphatic carbocycles. The smallest absolute Gasteiger partial charge is 0.0767 e. The van der Waals surface area contributed by atoms with Gasteiger partial charge in [-0.2, -0.15) is 0 Å². The Kier molecular flexibility index (Phi) is 3.26. The Hall–Kier alpha value is -1.45. The maximum absolute atomic E-state index is 6.39.